The van der Waals surface area contributed by atoms with Gasteiger partial charge in [-0.25, -0.2) is 0 Å². The molecule has 68 valence electrons. The van der Waals surface area contributed by atoms with Gasteiger partial charge in [-0.05, 0) is 31.6 Å². The molecule has 1 heteroatoms. The summed E-state index contributed by atoms with van der Waals surface area (Å²) < 4.78 is 0. The third kappa shape index (κ3) is 2.47. The Balaban J connectivity index is 2.40. The lowest BCUT2D eigenvalue weighted by Crippen LogP contribution is -2.11. The molecule has 1 nitrogen and oxygen atoms in total. The van der Waals surface area contributed by atoms with Gasteiger partial charge in [-0.2, -0.15) is 0 Å². The van der Waals surface area contributed by atoms with Crippen molar-refractivity contribution < 1.29 is 4.79 Å². The number of allylic oxidation sites excluding steroid dienone is 1. The van der Waals surface area contributed by atoms with Gasteiger partial charge >= 0.3 is 0 Å². The summed E-state index contributed by atoms with van der Waals surface area (Å²) in [6.45, 7) is 8.16. The molecule has 0 bridgehead atoms. The number of carbonyl (C=O) groups is 1. The van der Waals surface area contributed by atoms with Crippen molar-refractivity contribution in [3.05, 3.63) is 12.2 Å². The molecule has 0 heterocycles. The van der Waals surface area contributed by atoms with Crippen molar-refractivity contribution in [1.82, 2.24) is 0 Å². The van der Waals surface area contributed by atoms with Gasteiger partial charge in [-0.1, -0.05) is 12.5 Å². The standard InChI is InChI=1S/C11H18O/c1-9(2)4-6-11(3)7-5-10(12)8-11/h1,4-8H2,2-3H3/t11-/m1/s1. The quantitative estimate of drug-likeness (QED) is 0.589. The van der Waals surface area contributed by atoms with Gasteiger partial charge in [0.2, 0.25) is 0 Å². The third-order valence-corrected chi connectivity index (χ3v) is 2.79. The highest BCUT2D eigenvalue weighted by Gasteiger charge is 2.33. The molecule has 0 aliphatic heterocycles. The van der Waals surface area contributed by atoms with Crippen molar-refractivity contribution in [1.29, 1.82) is 0 Å². The van der Waals surface area contributed by atoms with E-state index in [-0.39, 0.29) is 5.41 Å². The summed E-state index contributed by atoms with van der Waals surface area (Å²) in [5.41, 5.74) is 1.52. The fourth-order valence-corrected chi connectivity index (χ4v) is 1.82. The van der Waals surface area contributed by atoms with Crippen molar-refractivity contribution in [2.75, 3.05) is 0 Å². The predicted octanol–water partition coefficient (Wildman–Crippen LogP) is 3.10. The number of hydrogen-bond donors (Lipinski definition) is 0. The molecule has 1 rings (SSSR count). The maximum Gasteiger partial charge on any atom is 0.133 e. The third-order valence-electron chi connectivity index (χ3n) is 2.79. The summed E-state index contributed by atoms with van der Waals surface area (Å²) in [4.78, 5) is 11.1. The second-order valence-corrected chi connectivity index (χ2v) is 4.48. The van der Waals surface area contributed by atoms with E-state index in [9.17, 15) is 4.79 Å². The lowest BCUT2D eigenvalue weighted by Gasteiger charge is -2.21. The van der Waals surface area contributed by atoms with Crippen LogP contribution < -0.4 is 0 Å². The topological polar surface area (TPSA) is 17.1 Å². The van der Waals surface area contributed by atoms with Crippen molar-refractivity contribution in [2.45, 2.75) is 46.0 Å². The van der Waals surface area contributed by atoms with Crippen LogP contribution in [0.4, 0.5) is 0 Å². The molecule has 0 radical (unpaired) electrons. The van der Waals surface area contributed by atoms with Crippen LogP contribution in [-0.4, -0.2) is 5.78 Å². The first-order valence-corrected chi connectivity index (χ1v) is 4.68. The minimum Gasteiger partial charge on any atom is -0.300 e. The van der Waals surface area contributed by atoms with Gasteiger partial charge < -0.3 is 0 Å². The summed E-state index contributed by atoms with van der Waals surface area (Å²) >= 11 is 0. The number of Topliss-reactive ketones (excluding diaryl/α,β-unsaturated/α-hetero) is 1. The van der Waals surface area contributed by atoms with Crippen LogP contribution in [0.15, 0.2) is 12.2 Å². The van der Waals surface area contributed by atoms with Gasteiger partial charge in [0.15, 0.2) is 0 Å². The number of carbonyl (C=O) groups excluding carboxylic acids is 1. The molecule has 0 saturated heterocycles. The number of rotatable bonds is 3. The highest BCUT2D eigenvalue weighted by Crippen LogP contribution is 2.39. The van der Waals surface area contributed by atoms with E-state index in [1.165, 1.54) is 5.57 Å². The van der Waals surface area contributed by atoms with Crippen molar-refractivity contribution in [2.24, 2.45) is 5.41 Å². The van der Waals surface area contributed by atoms with Crippen LogP contribution in [0.2, 0.25) is 0 Å². The van der Waals surface area contributed by atoms with E-state index in [0.717, 1.165) is 32.1 Å². The Morgan fingerprint density at radius 1 is 1.67 bits per heavy atom. The van der Waals surface area contributed by atoms with Crippen LogP contribution in [0.25, 0.3) is 0 Å². The summed E-state index contributed by atoms with van der Waals surface area (Å²) in [6.07, 6.45) is 4.88. The van der Waals surface area contributed by atoms with E-state index >= 15 is 0 Å². The van der Waals surface area contributed by atoms with Crippen LogP contribution in [0.5, 0.6) is 0 Å². The summed E-state index contributed by atoms with van der Waals surface area (Å²) in [5, 5.41) is 0. The van der Waals surface area contributed by atoms with E-state index in [0.29, 0.717) is 5.78 Å². The summed E-state index contributed by atoms with van der Waals surface area (Å²) in [5.74, 6) is 0.444. The lowest BCUT2D eigenvalue weighted by atomic mass is 9.83. The van der Waals surface area contributed by atoms with Crippen LogP contribution >= 0.6 is 0 Å². The Hall–Kier alpha value is -0.590. The first kappa shape index (κ1) is 9.50. The van der Waals surface area contributed by atoms with Crippen LogP contribution in [0.1, 0.15) is 46.0 Å². The van der Waals surface area contributed by atoms with Gasteiger partial charge in [-0.3, -0.25) is 4.79 Å². The molecule has 0 spiro atoms. The molecule has 0 aromatic rings. The fourth-order valence-electron chi connectivity index (χ4n) is 1.82. The summed E-state index contributed by atoms with van der Waals surface area (Å²) in [7, 11) is 0. The number of ketones is 1. The van der Waals surface area contributed by atoms with Crippen LogP contribution in [0, 0.1) is 5.41 Å². The Labute approximate surface area is 74.9 Å². The summed E-state index contributed by atoms with van der Waals surface area (Å²) in [6, 6.07) is 0. The fraction of sp³-hybridized carbons (Fsp3) is 0.727. The smallest absolute Gasteiger partial charge is 0.133 e. The first-order valence-electron chi connectivity index (χ1n) is 4.68. The van der Waals surface area contributed by atoms with Crippen LogP contribution in [0.3, 0.4) is 0 Å². The molecule has 0 aromatic heterocycles. The molecule has 0 N–H and O–H groups in total. The molecule has 1 saturated carbocycles. The second kappa shape index (κ2) is 3.42. The Morgan fingerprint density at radius 2 is 2.33 bits per heavy atom. The van der Waals surface area contributed by atoms with Gasteiger partial charge in [-0.15, -0.1) is 6.58 Å². The molecule has 1 fully saturated rings. The number of hydrogen-bond acceptors (Lipinski definition) is 1. The zero-order chi connectivity index (χ0) is 9.19. The largest absolute Gasteiger partial charge is 0.300 e. The van der Waals surface area contributed by atoms with E-state index in [1.807, 2.05) is 0 Å². The van der Waals surface area contributed by atoms with E-state index in [1.54, 1.807) is 0 Å². The van der Waals surface area contributed by atoms with Gasteiger partial charge in [0.05, 0.1) is 0 Å². The zero-order valence-corrected chi connectivity index (χ0v) is 8.15. The van der Waals surface area contributed by atoms with Crippen molar-refractivity contribution >= 4 is 5.78 Å². The Bertz CT molecular complexity index is 205. The monoisotopic (exact) mass is 166 g/mol. The SMILES string of the molecule is C=C(C)CC[C@]1(C)CCC(=O)C1. The van der Waals surface area contributed by atoms with E-state index in [4.69, 9.17) is 0 Å². The normalized spacial score (nSPS) is 29.3. The average molecular weight is 166 g/mol. The minimum atomic E-state index is 0.288. The molecule has 1 aliphatic rings. The maximum atomic E-state index is 11.1. The first-order chi connectivity index (χ1) is 5.52. The highest BCUT2D eigenvalue weighted by atomic mass is 16.1. The molecule has 0 unspecified atom stereocenters. The van der Waals surface area contributed by atoms with E-state index in [2.05, 4.69) is 20.4 Å². The minimum absolute atomic E-state index is 0.288. The van der Waals surface area contributed by atoms with Gasteiger partial charge in [0.1, 0.15) is 5.78 Å². The van der Waals surface area contributed by atoms with E-state index < -0.39 is 0 Å². The Morgan fingerprint density at radius 3 is 2.75 bits per heavy atom. The zero-order valence-electron chi connectivity index (χ0n) is 8.15. The Kier molecular flexibility index (Phi) is 2.71. The lowest BCUT2D eigenvalue weighted by molar-refractivity contribution is -0.118. The molecule has 12 heavy (non-hydrogen) atoms. The molecule has 0 aromatic carbocycles. The second-order valence-electron chi connectivity index (χ2n) is 4.48. The van der Waals surface area contributed by atoms with Crippen molar-refractivity contribution in [3.8, 4) is 0 Å². The molecule has 0 amide bonds. The maximum absolute atomic E-state index is 11.1. The van der Waals surface area contributed by atoms with Gasteiger partial charge in [0, 0.05) is 12.8 Å². The average Bonchev–Trinajstić information content (AvgIpc) is 2.29. The molecule has 1 atom stereocenters. The highest BCUT2D eigenvalue weighted by molar-refractivity contribution is 5.81. The van der Waals surface area contributed by atoms with Crippen molar-refractivity contribution in [3.63, 3.8) is 0 Å². The van der Waals surface area contributed by atoms with Crippen LogP contribution in [-0.2, 0) is 4.79 Å². The molecular weight excluding hydrogens is 148 g/mol. The molecular formula is C11H18O. The predicted molar refractivity (Wildman–Crippen MR) is 51.0 cm³/mol. The molecule has 1 aliphatic carbocycles. The van der Waals surface area contributed by atoms with Gasteiger partial charge in [0.25, 0.3) is 0 Å².